The van der Waals surface area contributed by atoms with Crippen molar-refractivity contribution in [2.45, 2.75) is 0 Å². The van der Waals surface area contributed by atoms with Crippen LogP contribution in [0.5, 0.6) is 0 Å². The summed E-state index contributed by atoms with van der Waals surface area (Å²) in [6.07, 6.45) is 0. The third-order valence-corrected chi connectivity index (χ3v) is 1.72. The normalized spacial score (nSPS) is 7.53. The van der Waals surface area contributed by atoms with Crippen LogP contribution in [0.4, 0.5) is 0 Å². The van der Waals surface area contributed by atoms with E-state index in [9.17, 15) is 0 Å². The van der Waals surface area contributed by atoms with Crippen LogP contribution in [0, 0.1) is 46.0 Å². The minimum absolute atomic E-state index is 0. The second-order valence-corrected chi connectivity index (χ2v) is 3.00. The predicted molar refractivity (Wildman–Crippen MR) is 69.3 cm³/mol. The minimum Gasteiger partial charge on any atom is -0.214 e. The van der Waals surface area contributed by atoms with Crippen LogP contribution >= 0.6 is 0 Å². The van der Waals surface area contributed by atoms with Crippen LogP contribution in [0.3, 0.4) is 0 Å². The standard InChI is InChI=1S/C6H5.2C5H5.Gd/c1-2-4-6-5-3-1;2*1-2-4-5-3-1;/h1-5H;2*1-5H;/q3*-1;+3. The SMILES string of the molecule is [Gd+3].[c-]1ccccc1.c1cc[cH-]c1.c1cc[cH-]c1. The van der Waals surface area contributed by atoms with Crippen molar-refractivity contribution in [3.63, 3.8) is 0 Å². The maximum absolute atomic E-state index is 2.89. The summed E-state index contributed by atoms with van der Waals surface area (Å²) in [5.41, 5.74) is 0. The first-order chi connectivity index (χ1) is 8.00. The fraction of sp³-hybridized carbons (Fsp3) is 0. The largest absolute Gasteiger partial charge is 3.00 e. The van der Waals surface area contributed by atoms with Crippen LogP contribution in [-0.4, -0.2) is 0 Å². The van der Waals surface area contributed by atoms with Crippen LogP contribution in [0.2, 0.25) is 0 Å². The van der Waals surface area contributed by atoms with Gasteiger partial charge in [-0.3, -0.25) is 0 Å². The molecule has 0 N–H and O–H groups in total. The van der Waals surface area contributed by atoms with Crippen LogP contribution in [0.25, 0.3) is 0 Å². The van der Waals surface area contributed by atoms with Gasteiger partial charge in [-0.05, 0) is 0 Å². The van der Waals surface area contributed by atoms with Crippen molar-refractivity contribution >= 4 is 0 Å². The molecule has 0 aliphatic heterocycles. The summed E-state index contributed by atoms with van der Waals surface area (Å²) >= 11 is 0. The molecular weight excluding hydrogens is 349 g/mol. The molecule has 0 fully saturated rings. The first-order valence-corrected chi connectivity index (χ1v) is 5.24. The molecular formula is C16H15Gd. The quantitative estimate of drug-likeness (QED) is 0.522. The van der Waals surface area contributed by atoms with E-state index < -0.39 is 0 Å². The third-order valence-electron chi connectivity index (χ3n) is 1.72. The Balaban J connectivity index is 0.000000221. The van der Waals surface area contributed by atoms with Crippen LogP contribution in [0.1, 0.15) is 0 Å². The van der Waals surface area contributed by atoms with Crippen molar-refractivity contribution in [3.8, 4) is 0 Å². The number of benzene rings is 1. The summed E-state index contributed by atoms with van der Waals surface area (Å²) in [5.74, 6) is 0. The van der Waals surface area contributed by atoms with E-state index in [2.05, 4.69) is 6.07 Å². The second-order valence-electron chi connectivity index (χ2n) is 3.00. The smallest absolute Gasteiger partial charge is 0.214 e. The molecule has 0 spiro atoms. The molecule has 0 unspecified atom stereocenters. The molecule has 0 bridgehead atoms. The Morgan fingerprint density at radius 1 is 0.529 bits per heavy atom. The van der Waals surface area contributed by atoms with Gasteiger partial charge in [0.1, 0.15) is 0 Å². The van der Waals surface area contributed by atoms with Crippen molar-refractivity contribution in [2.75, 3.05) is 0 Å². The minimum atomic E-state index is 0. The van der Waals surface area contributed by atoms with Crippen LogP contribution < -0.4 is 0 Å². The molecule has 3 aromatic carbocycles. The van der Waals surface area contributed by atoms with Crippen LogP contribution in [-0.2, 0) is 0 Å². The maximum Gasteiger partial charge on any atom is 3.00 e. The number of rotatable bonds is 0. The Kier molecular flexibility index (Phi) is 12.7. The van der Waals surface area contributed by atoms with Gasteiger partial charge < -0.3 is 0 Å². The van der Waals surface area contributed by atoms with E-state index in [4.69, 9.17) is 0 Å². The molecule has 0 aromatic heterocycles. The van der Waals surface area contributed by atoms with Gasteiger partial charge in [-0.15, -0.1) is 0 Å². The Labute approximate surface area is 136 Å². The number of hydrogen-bond donors (Lipinski definition) is 0. The molecule has 0 atom stereocenters. The summed E-state index contributed by atoms with van der Waals surface area (Å²) in [7, 11) is 0. The van der Waals surface area contributed by atoms with Gasteiger partial charge in [0.25, 0.3) is 0 Å². The van der Waals surface area contributed by atoms with Gasteiger partial charge in [0.05, 0.1) is 0 Å². The number of hydrogen-bond acceptors (Lipinski definition) is 0. The first-order valence-electron chi connectivity index (χ1n) is 5.24. The van der Waals surface area contributed by atoms with Crippen molar-refractivity contribution in [1.29, 1.82) is 0 Å². The summed E-state index contributed by atoms with van der Waals surface area (Å²) in [6, 6.07) is 32.5. The van der Waals surface area contributed by atoms with Gasteiger partial charge in [-0.25, -0.2) is 24.3 Å². The van der Waals surface area contributed by atoms with E-state index in [0.717, 1.165) is 0 Å². The Hall–Kier alpha value is -0.755. The predicted octanol–water partition coefficient (Wildman–Crippen LogP) is 4.30. The van der Waals surface area contributed by atoms with Crippen molar-refractivity contribution in [3.05, 3.63) is 97.1 Å². The van der Waals surface area contributed by atoms with Gasteiger partial charge in [0.2, 0.25) is 0 Å². The molecule has 0 nitrogen and oxygen atoms in total. The topological polar surface area (TPSA) is 0 Å². The molecule has 17 heavy (non-hydrogen) atoms. The first kappa shape index (κ1) is 16.2. The molecule has 0 heterocycles. The van der Waals surface area contributed by atoms with Crippen LogP contribution in [0.15, 0.2) is 91.0 Å². The molecule has 0 saturated carbocycles. The van der Waals surface area contributed by atoms with Crippen molar-refractivity contribution < 1.29 is 39.9 Å². The van der Waals surface area contributed by atoms with Gasteiger partial charge in [-0.1, -0.05) is 0 Å². The van der Waals surface area contributed by atoms with E-state index >= 15 is 0 Å². The van der Waals surface area contributed by atoms with E-state index in [-0.39, 0.29) is 39.9 Å². The summed E-state index contributed by atoms with van der Waals surface area (Å²) in [5, 5.41) is 0. The molecule has 0 aliphatic rings. The van der Waals surface area contributed by atoms with Gasteiger partial charge in [0, 0.05) is 0 Å². The second kappa shape index (κ2) is 13.3. The summed E-state index contributed by atoms with van der Waals surface area (Å²) in [4.78, 5) is 0. The molecule has 0 aliphatic carbocycles. The van der Waals surface area contributed by atoms with E-state index in [1.165, 1.54) is 0 Å². The summed E-state index contributed by atoms with van der Waals surface area (Å²) in [6.45, 7) is 0. The van der Waals surface area contributed by atoms with E-state index in [1.807, 2.05) is 91.0 Å². The fourth-order valence-electron chi connectivity index (χ4n) is 0.983. The Morgan fingerprint density at radius 2 is 0.941 bits per heavy atom. The molecule has 87 valence electrons. The Morgan fingerprint density at radius 3 is 1.06 bits per heavy atom. The maximum atomic E-state index is 2.89. The average molecular weight is 365 g/mol. The zero-order valence-electron chi connectivity index (χ0n) is 9.51. The summed E-state index contributed by atoms with van der Waals surface area (Å²) < 4.78 is 0. The molecule has 0 saturated heterocycles. The average Bonchev–Trinajstić information content (AvgIpc) is 3.10. The molecule has 0 amide bonds. The van der Waals surface area contributed by atoms with E-state index in [1.54, 1.807) is 0 Å². The van der Waals surface area contributed by atoms with Gasteiger partial charge in [-0.2, -0.15) is 72.8 Å². The van der Waals surface area contributed by atoms with Crippen molar-refractivity contribution in [1.82, 2.24) is 0 Å². The molecule has 1 heteroatoms. The van der Waals surface area contributed by atoms with E-state index in [0.29, 0.717) is 0 Å². The molecule has 3 rings (SSSR count). The zero-order chi connectivity index (χ0) is 11.3. The third kappa shape index (κ3) is 11.5. The van der Waals surface area contributed by atoms with Gasteiger partial charge >= 0.3 is 39.9 Å². The molecule has 3 aromatic rings. The molecule has 1 radical (unpaired) electrons. The van der Waals surface area contributed by atoms with Gasteiger partial charge in [0.15, 0.2) is 0 Å². The monoisotopic (exact) mass is 365 g/mol. The fourth-order valence-corrected chi connectivity index (χ4v) is 0.983. The zero-order valence-corrected chi connectivity index (χ0v) is 11.8. The Bertz CT molecular complexity index is 297. The van der Waals surface area contributed by atoms with Crippen molar-refractivity contribution in [2.24, 2.45) is 0 Å².